The van der Waals surface area contributed by atoms with Gasteiger partial charge in [-0.2, -0.15) is 0 Å². The summed E-state index contributed by atoms with van der Waals surface area (Å²) in [6.45, 7) is 4.26. The molecule has 0 radical (unpaired) electrons. The minimum absolute atomic E-state index is 0.368. The second-order valence-electron chi connectivity index (χ2n) is 2.98. The normalized spacial score (nSPS) is 12.5. The Balaban J connectivity index is 2.49. The molecule has 72 valence electrons. The van der Waals surface area contributed by atoms with Gasteiger partial charge in [-0.1, -0.05) is 6.92 Å². The maximum Gasteiger partial charge on any atom is 0.144 e. The molecule has 1 aromatic heterocycles. The average Bonchev–Trinajstić information content (AvgIpc) is 2.15. The molecule has 4 heteroatoms. The van der Waals surface area contributed by atoms with Crippen molar-refractivity contribution in [1.82, 2.24) is 9.97 Å². The molecule has 0 saturated heterocycles. The van der Waals surface area contributed by atoms with Gasteiger partial charge in [-0.25, -0.2) is 4.98 Å². The fraction of sp³-hybridized carbons (Fsp3) is 0.556. The highest BCUT2D eigenvalue weighted by molar-refractivity contribution is 5.30. The second kappa shape index (κ2) is 4.77. The molecule has 13 heavy (non-hydrogen) atoms. The molecule has 1 heterocycles. The number of nitrogens with zero attached hydrogens (tertiary/aromatic N) is 2. The first-order valence-electron chi connectivity index (χ1n) is 4.45. The van der Waals surface area contributed by atoms with Crippen molar-refractivity contribution in [3.05, 3.63) is 18.1 Å². The zero-order valence-electron chi connectivity index (χ0n) is 7.99. The van der Waals surface area contributed by atoms with Crippen molar-refractivity contribution in [2.45, 2.75) is 26.4 Å². The zero-order valence-corrected chi connectivity index (χ0v) is 7.99. The molecule has 0 fully saturated rings. The van der Waals surface area contributed by atoms with Gasteiger partial charge in [0.2, 0.25) is 0 Å². The van der Waals surface area contributed by atoms with Gasteiger partial charge in [0.15, 0.2) is 0 Å². The first-order valence-corrected chi connectivity index (χ1v) is 4.45. The molecule has 0 aliphatic heterocycles. The Morgan fingerprint density at radius 2 is 2.23 bits per heavy atom. The third-order valence-electron chi connectivity index (χ3n) is 1.65. The molecule has 0 unspecified atom stereocenters. The first-order chi connectivity index (χ1) is 6.22. The third-order valence-corrected chi connectivity index (χ3v) is 1.65. The van der Waals surface area contributed by atoms with Crippen LogP contribution >= 0.6 is 0 Å². The molecule has 1 atom stereocenters. The number of aliphatic hydroxyl groups excluding tert-OH is 1. The number of aliphatic hydroxyl groups is 1. The fourth-order valence-electron chi connectivity index (χ4n) is 0.881. The molecule has 0 aromatic carbocycles. The Bertz CT molecular complexity index is 246. The molecule has 0 amide bonds. The van der Waals surface area contributed by atoms with Crippen LogP contribution in [-0.4, -0.2) is 27.7 Å². The molecule has 0 bridgehead atoms. The van der Waals surface area contributed by atoms with Crippen LogP contribution in [0.1, 0.15) is 19.5 Å². The van der Waals surface area contributed by atoms with E-state index in [0.29, 0.717) is 12.4 Å². The summed E-state index contributed by atoms with van der Waals surface area (Å²) >= 11 is 0. The van der Waals surface area contributed by atoms with Crippen LogP contribution in [0.25, 0.3) is 0 Å². The summed E-state index contributed by atoms with van der Waals surface area (Å²) in [5.41, 5.74) is 0.975. The molecular weight excluding hydrogens is 166 g/mol. The van der Waals surface area contributed by atoms with E-state index in [1.165, 1.54) is 0 Å². The van der Waals surface area contributed by atoms with Gasteiger partial charge in [0.05, 0.1) is 24.2 Å². The van der Waals surface area contributed by atoms with Crippen molar-refractivity contribution in [2.75, 3.05) is 11.9 Å². The van der Waals surface area contributed by atoms with Gasteiger partial charge < -0.3 is 10.4 Å². The molecule has 0 spiro atoms. The van der Waals surface area contributed by atoms with Crippen LogP contribution < -0.4 is 5.32 Å². The van der Waals surface area contributed by atoms with Gasteiger partial charge in [0, 0.05) is 6.54 Å². The predicted molar refractivity (Wildman–Crippen MR) is 51.6 cm³/mol. The van der Waals surface area contributed by atoms with Crippen molar-refractivity contribution >= 4 is 5.82 Å². The number of anilines is 1. The summed E-state index contributed by atoms with van der Waals surface area (Å²) in [5.74, 6) is 0.707. The van der Waals surface area contributed by atoms with E-state index in [1.54, 1.807) is 19.3 Å². The number of rotatable bonds is 4. The third kappa shape index (κ3) is 3.38. The van der Waals surface area contributed by atoms with E-state index in [-0.39, 0.29) is 6.10 Å². The predicted octanol–water partition coefficient (Wildman–Crippen LogP) is 0.832. The SMILES string of the molecule is CCc1cnc(NC[C@H](C)O)cn1. The Hall–Kier alpha value is -1.16. The quantitative estimate of drug-likeness (QED) is 0.722. The molecule has 1 aromatic rings. The van der Waals surface area contributed by atoms with Crippen molar-refractivity contribution in [3.63, 3.8) is 0 Å². The van der Waals surface area contributed by atoms with E-state index in [2.05, 4.69) is 15.3 Å². The standard InChI is InChI=1S/C9H15N3O/c1-3-8-5-12-9(6-10-8)11-4-7(2)13/h5-7,13H,3-4H2,1-2H3,(H,11,12)/t7-/m0/s1. The summed E-state index contributed by atoms with van der Waals surface area (Å²) < 4.78 is 0. The smallest absolute Gasteiger partial charge is 0.144 e. The van der Waals surface area contributed by atoms with Crippen LogP contribution in [0.4, 0.5) is 5.82 Å². The van der Waals surface area contributed by atoms with Gasteiger partial charge in [-0.15, -0.1) is 0 Å². The highest BCUT2D eigenvalue weighted by atomic mass is 16.3. The minimum atomic E-state index is -0.368. The van der Waals surface area contributed by atoms with Gasteiger partial charge in [0.25, 0.3) is 0 Å². The monoisotopic (exact) mass is 181 g/mol. The number of aromatic nitrogens is 2. The van der Waals surface area contributed by atoms with E-state index in [4.69, 9.17) is 5.11 Å². The lowest BCUT2D eigenvalue weighted by atomic mass is 10.3. The van der Waals surface area contributed by atoms with Gasteiger partial charge in [-0.3, -0.25) is 4.98 Å². The molecule has 4 nitrogen and oxygen atoms in total. The van der Waals surface area contributed by atoms with E-state index in [9.17, 15) is 0 Å². The van der Waals surface area contributed by atoms with Crippen LogP contribution in [0.15, 0.2) is 12.4 Å². The lowest BCUT2D eigenvalue weighted by molar-refractivity contribution is 0.208. The molecule has 2 N–H and O–H groups in total. The number of hydrogen-bond acceptors (Lipinski definition) is 4. The van der Waals surface area contributed by atoms with E-state index >= 15 is 0 Å². The van der Waals surface area contributed by atoms with Gasteiger partial charge in [0.1, 0.15) is 5.82 Å². The Labute approximate surface area is 78.0 Å². The lowest BCUT2D eigenvalue weighted by Crippen LogP contribution is -2.16. The second-order valence-corrected chi connectivity index (χ2v) is 2.98. The largest absolute Gasteiger partial charge is 0.392 e. The van der Waals surface area contributed by atoms with Crippen molar-refractivity contribution < 1.29 is 5.11 Å². The number of nitrogens with one attached hydrogen (secondary N) is 1. The topological polar surface area (TPSA) is 58.0 Å². The van der Waals surface area contributed by atoms with E-state index in [0.717, 1.165) is 12.1 Å². The number of hydrogen-bond donors (Lipinski definition) is 2. The van der Waals surface area contributed by atoms with Crippen molar-refractivity contribution in [1.29, 1.82) is 0 Å². The zero-order chi connectivity index (χ0) is 9.68. The highest BCUT2D eigenvalue weighted by Gasteiger charge is 1.97. The molecular formula is C9H15N3O. The van der Waals surface area contributed by atoms with Gasteiger partial charge >= 0.3 is 0 Å². The maximum atomic E-state index is 9.00. The number of aryl methyl sites for hydroxylation is 1. The fourth-order valence-corrected chi connectivity index (χ4v) is 0.881. The van der Waals surface area contributed by atoms with E-state index in [1.807, 2.05) is 6.92 Å². The molecule has 0 saturated carbocycles. The molecule has 0 aliphatic rings. The summed E-state index contributed by atoms with van der Waals surface area (Å²) in [7, 11) is 0. The van der Waals surface area contributed by atoms with Crippen LogP contribution in [0.3, 0.4) is 0 Å². The molecule has 1 rings (SSSR count). The van der Waals surface area contributed by atoms with E-state index < -0.39 is 0 Å². The van der Waals surface area contributed by atoms with Crippen LogP contribution in [0.2, 0.25) is 0 Å². The lowest BCUT2D eigenvalue weighted by Gasteiger charge is -2.06. The highest BCUT2D eigenvalue weighted by Crippen LogP contribution is 2.01. The Morgan fingerprint density at radius 1 is 1.46 bits per heavy atom. The van der Waals surface area contributed by atoms with Crippen molar-refractivity contribution in [3.8, 4) is 0 Å². The van der Waals surface area contributed by atoms with Crippen LogP contribution in [0.5, 0.6) is 0 Å². The first kappa shape index (κ1) is 9.92. The summed E-state index contributed by atoms with van der Waals surface area (Å²) in [6, 6.07) is 0. The minimum Gasteiger partial charge on any atom is -0.392 e. The Kier molecular flexibility index (Phi) is 3.64. The van der Waals surface area contributed by atoms with Crippen molar-refractivity contribution in [2.24, 2.45) is 0 Å². The Morgan fingerprint density at radius 3 is 2.69 bits per heavy atom. The average molecular weight is 181 g/mol. The summed E-state index contributed by atoms with van der Waals surface area (Å²) in [6.07, 6.45) is 3.95. The maximum absolute atomic E-state index is 9.00. The molecule has 0 aliphatic carbocycles. The summed E-state index contributed by atoms with van der Waals surface area (Å²) in [5, 5.41) is 12.0. The van der Waals surface area contributed by atoms with Crippen LogP contribution in [0, 0.1) is 0 Å². The summed E-state index contributed by atoms with van der Waals surface area (Å²) in [4.78, 5) is 8.31. The van der Waals surface area contributed by atoms with Gasteiger partial charge in [-0.05, 0) is 13.3 Å². The van der Waals surface area contributed by atoms with Crippen LogP contribution in [-0.2, 0) is 6.42 Å².